The van der Waals surface area contributed by atoms with E-state index in [-0.39, 0.29) is 0 Å². The lowest BCUT2D eigenvalue weighted by Gasteiger charge is -2.22. The van der Waals surface area contributed by atoms with E-state index < -0.39 is 12.2 Å². The lowest BCUT2D eigenvalue weighted by Crippen LogP contribution is -2.25. The average molecular weight is 264 g/mol. The first kappa shape index (κ1) is 12.5. The molecule has 19 heavy (non-hydrogen) atoms. The van der Waals surface area contributed by atoms with Gasteiger partial charge in [-0.05, 0) is 25.0 Å². The van der Waals surface area contributed by atoms with Crippen molar-refractivity contribution in [3.05, 3.63) is 12.1 Å². The molecular weight excluding hydrogens is 244 g/mol. The summed E-state index contributed by atoms with van der Waals surface area (Å²) in [7, 11) is 0. The molecule has 6 heteroatoms. The fourth-order valence-corrected chi connectivity index (χ4v) is 2.76. The number of nitrogen functional groups attached to an aromatic ring is 1. The number of aliphatic hydroxyl groups excluding tert-OH is 2. The molecule has 2 unspecified atom stereocenters. The Hall–Kier alpha value is -1.53. The summed E-state index contributed by atoms with van der Waals surface area (Å²) in [6.45, 7) is 2.81. The van der Waals surface area contributed by atoms with E-state index in [1.807, 2.05) is 17.0 Å². The second-order valence-corrected chi connectivity index (χ2v) is 5.32. The number of hydrogen-bond acceptors (Lipinski definition) is 6. The Bertz CT molecular complexity index is 452. The molecule has 0 aliphatic carbocycles. The Morgan fingerprint density at radius 2 is 1.68 bits per heavy atom. The molecular formula is C13H20N4O2. The highest BCUT2D eigenvalue weighted by Crippen LogP contribution is 2.28. The summed E-state index contributed by atoms with van der Waals surface area (Å²) in [5, 5.41) is 19.2. The molecule has 2 saturated heterocycles. The summed E-state index contributed by atoms with van der Waals surface area (Å²) >= 11 is 0. The minimum Gasteiger partial charge on any atom is -0.396 e. The van der Waals surface area contributed by atoms with Crippen molar-refractivity contribution in [2.24, 2.45) is 0 Å². The Kier molecular flexibility index (Phi) is 3.20. The van der Waals surface area contributed by atoms with Crippen LogP contribution in [0.2, 0.25) is 0 Å². The molecule has 3 heterocycles. The fraction of sp³-hybridized carbons (Fsp3) is 0.615. The summed E-state index contributed by atoms with van der Waals surface area (Å²) < 4.78 is 0. The quantitative estimate of drug-likeness (QED) is 0.686. The second-order valence-electron chi connectivity index (χ2n) is 5.32. The van der Waals surface area contributed by atoms with Crippen LogP contribution in [0.5, 0.6) is 0 Å². The first-order chi connectivity index (χ1) is 9.15. The van der Waals surface area contributed by atoms with Gasteiger partial charge in [0.2, 0.25) is 0 Å². The molecule has 2 aliphatic rings. The summed E-state index contributed by atoms with van der Waals surface area (Å²) in [5.74, 6) is 1.59. The Balaban J connectivity index is 1.85. The number of nitrogens with two attached hydrogens (primary N) is 1. The second kappa shape index (κ2) is 4.86. The lowest BCUT2D eigenvalue weighted by atomic mass is 10.3. The minimum atomic E-state index is -0.699. The molecule has 2 fully saturated rings. The van der Waals surface area contributed by atoms with Gasteiger partial charge >= 0.3 is 0 Å². The predicted molar refractivity (Wildman–Crippen MR) is 74.3 cm³/mol. The van der Waals surface area contributed by atoms with Crippen LogP contribution in [0.15, 0.2) is 12.1 Å². The molecule has 6 nitrogen and oxygen atoms in total. The van der Waals surface area contributed by atoms with Crippen LogP contribution in [0.3, 0.4) is 0 Å². The van der Waals surface area contributed by atoms with Gasteiger partial charge in [0.15, 0.2) is 5.82 Å². The number of aliphatic hydroxyl groups is 2. The first-order valence-corrected chi connectivity index (χ1v) is 6.77. The van der Waals surface area contributed by atoms with E-state index in [4.69, 9.17) is 5.73 Å². The van der Waals surface area contributed by atoms with Gasteiger partial charge in [-0.15, -0.1) is 0 Å². The molecule has 2 aliphatic heterocycles. The zero-order chi connectivity index (χ0) is 13.4. The Morgan fingerprint density at radius 1 is 1.05 bits per heavy atom. The van der Waals surface area contributed by atoms with Crippen molar-refractivity contribution in [2.75, 3.05) is 41.7 Å². The Morgan fingerprint density at radius 3 is 2.32 bits per heavy atom. The smallest absolute Gasteiger partial charge is 0.154 e. The van der Waals surface area contributed by atoms with Gasteiger partial charge in [0.05, 0.1) is 17.9 Å². The lowest BCUT2D eigenvalue weighted by molar-refractivity contribution is 0.0572. The monoisotopic (exact) mass is 264 g/mol. The zero-order valence-corrected chi connectivity index (χ0v) is 10.9. The van der Waals surface area contributed by atoms with E-state index in [0.717, 1.165) is 24.7 Å². The number of nitrogens with zero attached hydrogens (tertiary/aromatic N) is 3. The number of pyridine rings is 1. The van der Waals surface area contributed by atoms with E-state index in [0.29, 0.717) is 18.8 Å². The van der Waals surface area contributed by atoms with Gasteiger partial charge in [-0.25, -0.2) is 4.98 Å². The van der Waals surface area contributed by atoms with E-state index in [2.05, 4.69) is 9.88 Å². The molecule has 0 radical (unpaired) electrons. The maximum Gasteiger partial charge on any atom is 0.154 e. The third-order valence-corrected chi connectivity index (χ3v) is 3.88. The van der Waals surface area contributed by atoms with Crippen molar-refractivity contribution in [2.45, 2.75) is 25.0 Å². The van der Waals surface area contributed by atoms with Crippen molar-refractivity contribution in [1.29, 1.82) is 0 Å². The van der Waals surface area contributed by atoms with Crippen molar-refractivity contribution in [3.63, 3.8) is 0 Å². The minimum absolute atomic E-state index is 0.414. The standard InChI is InChI=1S/C13H20N4O2/c14-9-3-4-12(17-7-10(18)11(19)8-17)15-13(9)16-5-1-2-6-16/h3-4,10-11,18-19H,1-2,5-8,14H2. The third-order valence-electron chi connectivity index (χ3n) is 3.88. The third kappa shape index (κ3) is 2.33. The van der Waals surface area contributed by atoms with Crippen LogP contribution in [-0.2, 0) is 0 Å². The van der Waals surface area contributed by atoms with Crippen molar-refractivity contribution >= 4 is 17.3 Å². The highest BCUT2D eigenvalue weighted by atomic mass is 16.3. The van der Waals surface area contributed by atoms with E-state index in [9.17, 15) is 10.2 Å². The zero-order valence-electron chi connectivity index (χ0n) is 10.9. The normalized spacial score (nSPS) is 27.3. The molecule has 1 aromatic heterocycles. The van der Waals surface area contributed by atoms with Crippen LogP contribution in [0.25, 0.3) is 0 Å². The van der Waals surface area contributed by atoms with Gasteiger partial charge in [0.25, 0.3) is 0 Å². The van der Waals surface area contributed by atoms with Gasteiger partial charge in [-0.1, -0.05) is 0 Å². The van der Waals surface area contributed by atoms with Gasteiger partial charge in [0.1, 0.15) is 5.82 Å². The molecule has 0 amide bonds. The highest BCUT2D eigenvalue weighted by molar-refractivity contribution is 5.66. The number of aromatic nitrogens is 1. The summed E-state index contributed by atoms with van der Waals surface area (Å²) in [6, 6.07) is 3.70. The number of β-amino-alcohol motifs (C(OH)–C–C–N with tert-alkyl or cyclic N) is 2. The van der Waals surface area contributed by atoms with Crippen LogP contribution in [0.1, 0.15) is 12.8 Å². The molecule has 0 spiro atoms. The molecule has 104 valence electrons. The van der Waals surface area contributed by atoms with Gasteiger partial charge in [-0.3, -0.25) is 0 Å². The first-order valence-electron chi connectivity index (χ1n) is 6.77. The largest absolute Gasteiger partial charge is 0.396 e. The summed E-state index contributed by atoms with van der Waals surface area (Å²) in [5.41, 5.74) is 6.69. The van der Waals surface area contributed by atoms with Gasteiger partial charge in [0, 0.05) is 26.2 Å². The van der Waals surface area contributed by atoms with E-state index >= 15 is 0 Å². The SMILES string of the molecule is Nc1ccc(N2CC(O)C(O)C2)nc1N1CCCC1. The molecule has 0 bridgehead atoms. The van der Waals surface area contributed by atoms with Gasteiger partial charge < -0.3 is 25.7 Å². The maximum atomic E-state index is 9.61. The number of hydrogen-bond donors (Lipinski definition) is 3. The predicted octanol–water partition coefficient (Wildman–Crippen LogP) is -0.194. The van der Waals surface area contributed by atoms with Crippen LogP contribution >= 0.6 is 0 Å². The van der Waals surface area contributed by atoms with Crippen LogP contribution in [0, 0.1) is 0 Å². The van der Waals surface area contributed by atoms with Gasteiger partial charge in [-0.2, -0.15) is 0 Å². The van der Waals surface area contributed by atoms with Crippen LogP contribution in [0.4, 0.5) is 17.3 Å². The summed E-state index contributed by atoms with van der Waals surface area (Å²) in [4.78, 5) is 8.70. The number of anilines is 3. The fourth-order valence-electron chi connectivity index (χ4n) is 2.76. The molecule has 1 aromatic rings. The molecule has 2 atom stereocenters. The maximum absolute atomic E-state index is 9.61. The van der Waals surface area contributed by atoms with E-state index in [1.54, 1.807) is 0 Å². The van der Waals surface area contributed by atoms with Crippen molar-refractivity contribution in [1.82, 2.24) is 4.98 Å². The topological polar surface area (TPSA) is 85.8 Å². The van der Waals surface area contributed by atoms with Crippen LogP contribution in [-0.4, -0.2) is 53.6 Å². The average Bonchev–Trinajstić information content (AvgIpc) is 3.01. The highest BCUT2D eigenvalue weighted by Gasteiger charge is 2.30. The summed E-state index contributed by atoms with van der Waals surface area (Å²) in [6.07, 6.45) is 0.947. The number of rotatable bonds is 2. The molecule has 3 rings (SSSR count). The molecule has 0 aromatic carbocycles. The van der Waals surface area contributed by atoms with Crippen molar-refractivity contribution in [3.8, 4) is 0 Å². The van der Waals surface area contributed by atoms with E-state index in [1.165, 1.54) is 12.8 Å². The Labute approximate surface area is 112 Å². The van der Waals surface area contributed by atoms with Crippen molar-refractivity contribution < 1.29 is 10.2 Å². The molecule has 0 saturated carbocycles. The van der Waals surface area contributed by atoms with Crippen LogP contribution < -0.4 is 15.5 Å². The molecule has 4 N–H and O–H groups in total.